The van der Waals surface area contributed by atoms with Crippen LogP contribution in [0, 0.1) is 0 Å². The second kappa shape index (κ2) is 21.1. The van der Waals surface area contributed by atoms with Crippen molar-refractivity contribution in [2.75, 3.05) is 53.8 Å². The van der Waals surface area contributed by atoms with E-state index >= 15 is 0 Å². The summed E-state index contributed by atoms with van der Waals surface area (Å²) in [5.74, 6) is -1.17. The topological polar surface area (TPSA) is 257 Å². The zero-order valence-corrected chi connectivity index (χ0v) is 39.1. The van der Waals surface area contributed by atoms with Gasteiger partial charge in [-0.25, -0.2) is 42.3 Å². The first kappa shape index (κ1) is 50.1. The number of nitrogens with two attached hydrogens (primary N) is 1. The third kappa shape index (κ3) is 12.4. The van der Waals surface area contributed by atoms with E-state index in [4.69, 9.17) is 10.2 Å². The van der Waals surface area contributed by atoms with Crippen LogP contribution in [0.2, 0.25) is 0 Å². The number of Topliss-reactive ketones (excluding diaryl/α,β-unsaturated/α-hetero) is 1. The Bertz CT molecular complexity index is 2870. The molecule has 0 saturated carbocycles. The number of para-hydroxylation sites is 2. The minimum absolute atomic E-state index is 0.00423. The van der Waals surface area contributed by atoms with E-state index in [-0.39, 0.29) is 83.2 Å². The van der Waals surface area contributed by atoms with Gasteiger partial charge in [-0.1, -0.05) is 36.4 Å². The number of nitrogens with zero attached hydrogens (tertiary/aromatic N) is 8. The maximum Gasteiger partial charge on any atom is 0.314 e. The molecule has 0 atom stereocenters. The number of aromatic nitrogens is 4. The molecule has 25 heteroatoms. The van der Waals surface area contributed by atoms with Crippen molar-refractivity contribution in [3.63, 3.8) is 0 Å². The predicted octanol–water partition coefficient (Wildman–Crippen LogP) is 3.81. The van der Waals surface area contributed by atoms with Crippen molar-refractivity contribution >= 4 is 57.3 Å². The quantitative estimate of drug-likeness (QED) is 0.138. The maximum absolute atomic E-state index is 13.6. The van der Waals surface area contributed by atoms with Crippen LogP contribution in [-0.4, -0.2) is 124 Å². The Kier molecular flexibility index (Phi) is 16.0. The Morgan fingerprint density at radius 2 is 1.11 bits per heavy atom. The molecule has 0 spiro atoms. The van der Waals surface area contributed by atoms with E-state index in [9.17, 15) is 47.2 Å². The fourth-order valence-electron chi connectivity index (χ4n) is 7.31. The van der Waals surface area contributed by atoms with Gasteiger partial charge in [-0.15, -0.1) is 10.2 Å². The minimum Gasteiger partial charge on any atom is -0.415 e. The van der Waals surface area contributed by atoms with E-state index in [0.717, 1.165) is 12.5 Å². The number of sulfonamides is 4. The van der Waals surface area contributed by atoms with E-state index < -0.39 is 62.9 Å². The molecule has 356 valence electrons. The number of piperidine rings is 2. The monoisotopic (exact) mass is 993 g/mol. The number of ketones is 1. The van der Waals surface area contributed by atoms with Gasteiger partial charge in [0.1, 0.15) is 0 Å². The summed E-state index contributed by atoms with van der Waals surface area (Å²) in [6.07, 6.45) is 2.87. The van der Waals surface area contributed by atoms with Crippen LogP contribution in [0.4, 0.5) is 20.2 Å². The molecule has 19 nitrogen and oxygen atoms in total. The van der Waals surface area contributed by atoms with Gasteiger partial charge in [0.05, 0.1) is 71.0 Å². The lowest BCUT2D eigenvalue weighted by Crippen LogP contribution is -2.46. The lowest BCUT2D eigenvalue weighted by atomic mass is 10.2. The van der Waals surface area contributed by atoms with Crippen molar-refractivity contribution in [2.45, 2.75) is 55.7 Å². The fourth-order valence-corrected chi connectivity index (χ4v) is 12.8. The minimum atomic E-state index is -3.87. The first-order valence-corrected chi connectivity index (χ1v) is 27.2. The van der Waals surface area contributed by atoms with Crippen molar-refractivity contribution in [1.82, 2.24) is 28.8 Å². The van der Waals surface area contributed by atoms with Gasteiger partial charge < -0.3 is 10.2 Å². The summed E-state index contributed by atoms with van der Waals surface area (Å²) in [4.78, 5) is 20.2. The maximum atomic E-state index is 13.6. The first-order valence-electron chi connectivity index (χ1n) is 20.5. The predicted molar refractivity (Wildman–Crippen MR) is 242 cm³/mol. The van der Waals surface area contributed by atoms with Crippen molar-refractivity contribution in [2.24, 2.45) is 5.73 Å². The zero-order chi connectivity index (χ0) is 47.9. The average molecular weight is 994 g/mol. The Balaban J connectivity index is 0.000000220. The highest BCUT2D eigenvalue weighted by Crippen LogP contribution is 2.31. The summed E-state index contributed by atoms with van der Waals surface area (Å²) in [5, 5.41) is 5.40. The van der Waals surface area contributed by atoms with E-state index in [0.29, 0.717) is 33.9 Å². The van der Waals surface area contributed by atoms with Gasteiger partial charge in [-0.2, -0.15) is 8.78 Å². The smallest absolute Gasteiger partial charge is 0.314 e. The molecule has 2 saturated heterocycles. The van der Waals surface area contributed by atoms with Crippen molar-refractivity contribution in [3.05, 3.63) is 120 Å². The molecule has 5 aromatic rings. The zero-order valence-electron chi connectivity index (χ0n) is 35.9. The van der Waals surface area contributed by atoms with Crippen LogP contribution in [0.1, 0.15) is 59.7 Å². The van der Waals surface area contributed by atoms with Crippen LogP contribution >= 0.6 is 0 Å². The third-order valence-electron chi connectivity index (χ3n) is 10.9. The molecule has 2 aliphatic heterocycles. The highest BCUT2D eigenvalue weighted by molar-refractivity contribution is 7.93. The Hall–Kier alpha value is -5.31. The Morgan fingerprint density at radius 3 is 1.45 bits per heavy atom. The Labute approximate surface area is 382 Å². The molecule has 0 aliphatic carbocycles. The fraction of sp³-hybridized carbons (Fsp3) is 0.390. The van der Waals surface area contributed by atoms with Gasteiger partial charge in [0.2, 0.25) is 46.0 Å². The molecule has 2 aromatic carbocycles. The molecule has 66 heavy (non-hydrogen) atoms. The number of alkyl halides is 2. The average Bonchev–Trinajstić information content (AvgIpc) is 3.82. The molecule has 0 bridgehead atoms. The van der Waals surface area contributed by atoms with Gasteiger partial charge in [-0.05, 0) is 74.2 Å². The normalized spacial score (nSPS) is 16.1. The number of hydrogen-bond acceptors (Lipinski definition) is 15. The van der Waals surface area contributed by atoms with E-state index in [1.54, 1.807) is 78.9 Å². The van der Waals surface area contributed by atoms with Crippen LogP contribution in [0.5, 0.6) is 0 Å². The van der Waals surface area contributed by atoms with Crippen LogP contribution in [0.15, 0.2) is 102 Å². The number of carbonyl (C=O) groups excluding carboxylic acids is 1. The molecule has 2 N–H and O–H groups in total. The lowest BCUT2D eigenvalue weighted by Gasteiger charge is -2.34. The van der Waals surface area contributed by atoms with Crippen molar-refractivity contribution in [1.29, 1.82) is 0 Å². The second-order valence-electron chi connectivity index (χ2n) is 15.4. The molecule has 2 aliphatic rings. The molecule has 5 heterocycles. The SMILES string of the molecule is CS(=O)(=O)N1CCC(S(=O)(=O)N(Cc2ccc(-c3nnc(C(F)F)o3)cn2)c2ccccc2)CC1.CS(=O)(=O)N1CCC(S(=O)(=O)N(Cc2ccc(C(=O)CN)cn2)c2ccccc2)CC1. The highest BCUT2D eigenvalue weighted by atomic mass is 32.2. The number of benzene rings is 2. The molecule has 3 aromatic heterocycles. The highest BCUT2D eigenvalue weighted by Gasteiger charge is 2.38. The number of carbonyl (C=O) groups is 1. The molecular weight excluding hydrogens is 945 g/mol. The van der Waals surface area contributed by atoms with Crippen LogP contribution < -0.4 is 14.3 Å². The Morgan fingerprint density at radius 1 is 0.667 bits per heavy atom. The van der Waals surface area contributed by atoms with Crippen molar-refractivity contribution < 1.29 is 51.7 Å². The summed E-state index contributed by atoms with van der Waals surface area (Å²) in [5.41, 5.74) is 7.88. The largest absolute Gasteiger partial charge is 0.415 e. The number of halogens is 2. The lowest BCUT2D eigenvalue weighted by molar-refractivity contribution is 0.100. The van der Waals surface area contributed by atoms with Gasteiger partial charge in [0.15, 0.2) is 5.78 Å². The molecule has 2 fully saturated rings. The summed E-state index contributed by atoms with van der Waals surface area (Å²) in [6, 6.07) is 23.5. The van der Waals surface area contributed by atoms with E-state index in [2.05, 4.69) is 20.2 Å². The molecular formula is C41H49F2N9O10S4. The molecule has 0 radical (unpaired) electrons. The number of hydrogen-bond donors (Lipinski definition) is 1. The molecule has 0 amide bonds. The third-order valence-corrected chi connectivity index (χ3v) is 18.1. The second-order valence-corrected chi connectivity index (χ2v) is 23.7. The van der Waals surface area contributed by atoms with Crippen LogP contribution in [-0.2, 0) is 53.2 Å². The van der Waals surface area contributed by atoms with Gasteiger partial charge in [0, 0.05) is 44.1 Å². The van der Waals surface area contributed by atoms with Gasteiger partial charge in [-0.3, -0.25) is 23.4 Å². The standard InChI is InChI=1S/C21H23F2N5O5S2.C20H26N4O5S2/c1-34(29,30)27-11-9-18(10-12-27)35(31,32)28(17-5-3-2-4-6-17)14-16-8-7-15(13-24-16)20-25-26-21(33-20)19(22)23;1-30(26,27)23-11-9-19(10-12-23)31(28,29)24(18-5-3-2-4-6-18)15-17-8-7-16(14-22-17)20(25)13-21/h2-8,13,18-19H,9-12,14H2,1H3;2-8,14,19H,9-13,15,21H2,1H3. The van der Waals surface area contributed by atoms with E-state index in [1.165, 1.54) is 35.7 Å². The number of rotatable bonds is 16. The number of pyridine rings is 2. The summed E-state index contributed by atoms with van der Waals surface area (Å²) in [7, 11) is -14.4. The van der Waals surface area contributed by atoms with E-state index in [1.807, 2.05) is 0 Å². The summed E-state index contributed by atoms with van der Waals surface area (Å²) in [6.45, 7) is 0.379. The molecule has 7 rings (SSSR count). The van der Waals surface area contributed by atoms with Crippen molar-refractivity contribution in [3.8, 4) is 11.5 Å². The molecule has 0 unspecified atom stereocenters. The van der Waals surface area contributed by atoms with Crippen LogP contribution in [0.25, 0.3) is 11.5 Å². The van der Waals surface area contributed by atoms with Gasteiger partial charge >= 0.3 is 6.43 Å². The number of anilines is 2. The van der Waals surface area contributed by atoms with Crippen LogP contribution in [0.3, 0.4) is 0 Å². The summed E-state index contributed by atoms with van der Waals surface area (Å²) >= 11 is 0. The summed E-state index contributed by atoms with van der Waals surface area (Å²) < 4.78 is 137. The van der Waals surface area contributed by atoms with Gasteiger partial charge in [0.25, 0.3) is 5.89 Å². The first-order chi connectivity index (χ1) is 31.2.